The molecule has 1 unspecified atom stereocenters. The Balaban J connectivity index is 1.36. The van der Waals surface area contributed by atoms with Crippen molar-refractivity contribution in [2.24, 2.45) is 5.92 Å². The average Bonchev–Trinajstić information content (AvgIpc) is 3.26. The first-order valence-corrected chi connectivity index (χ1v) is 14.3. The van der Waals surface area contributed by atoms with Crippen LogP contribution in [-0.2, 0) is 28.5 Å². The summed E-state index contributed by atoms with van der Waals surface area (Å²) in [5.41, 5.74) is -0.160. The third kappa shape index (κ3) is 7.26. The number of ether oxygens (including phenoxy) is 5. The van der Waals surface area contributed by atoms with Crippen molar-refractivity contribution < 1.29 is 38.1 Å². The van der Waals surface area contributed by atoms with Crippen molar-refractivity contribution >= 4 is 18.0 Å². The number of hydrogen-bond donors (Lipinski definition) is 1. The molecule has 1 N–H and O–H groups in total. The minimum atomic E-state index is -0.680. The van der Waals surface area contributed by atoms with Crippen LogP contribution in [0.3, 0.4) is 0 Å². The van der Waals surface area contributed by atoms with Crippen LogP contribution in [0.5, 0.6) is 5.75 Å². The molecule has 40 heavy (non-hydrogen) atoms. The van der Waals surface area contributed by atoms with E-state index in [1.165, 1.54) is 7.11 Å². The van der Waals surface area contributed by atoms with Crippen LogP contribution >= 0.6 is 0 Å². The summed E-state index contributed by atoms with van der Waals surface area (Å²) >= 11 is 0. The van der Waals surface area contributed by atoms with E-state index < -0.39 is 17.2 Å². The van der Waals surface area contributed by atoms with E-state index in [-0.39, 0.29) is 43.2 Å². The highest BCUT2D eigenvalue weighted by molar-refractivity contribution is 5.79. The summed E-state index contributed by atoms with van der Waals surface area (Å²) in [7, 11) is 1.38. The third-order valence-electron chi connectivity index (χ3n) is 8.04. The largest absolute Gasteiger partial charge is 0.492 e. The summed E-state index contributed by atoms with van der Waals surface area (Å²) in [5, 5.41) is 3.11. The van der Waals surface area contributed by atoms with Crippen LogP contribution in [0.15, 0.2) is 24.3 Å². The van der Waals surface area contributed by atoms with Crippen molar-refractivity contribution in [2.75, 3.05) is 40.1 Å². The summed E-state index contributed by atoms with van der Waals surface area (Å²) in [6, 6.07) is 7.62. The molecule has 1 saturated carbocycles. The summed E-state index contributed by atoms with van der Waals surface area (Å²) in [5.74, 6) is 0.317. The minimum Gasteiger partial charge on any atom is -0.492 e. The molecule has 1 aromatic rings. The Hall–Kier alpha value is -2.85. The predicted molar refractivity (Wildman–Crippen MR) is 147 cm³/mol. The van der Waals surface area contributed by atoms with Crippen LogP contribution < -0.4 is 10.1 Å². The lowest BCUT2D eigenvalue weighted by atomic mass is 9.82. The monoisotopic (exact) mass is 560 g/mol. The summed E-state index contributed by atoms with van der Waals surface area (Å²) in [6.07, 6.45) is 3.83. The van der Waals surface area contributed by atoms with Gasteiger partial charge in [0.15, 0.2) is 0 Å². The van der Waals surface area contributed by atoms with E-state index in [9.17, 15) is 14.4 Å². The molecule has 0 bridgehead atoms. The first-order chi connectivity index (χ1) is 19.0. The summed E-state index contributed by atoms with van der Waals surface area (Å²) in [6.45, 7) is 8.70. The maximum Gasteiger partial charge on any atom is 0.410 e. The SMILES string of the molecule is COC(=O)C(C)COc1ccccc1C1CCC(OC[C@@H]2N(C(=O)OC(C)(C)C)CC[C@@]23COCC(=O)N3)CC1. The third-order valence-corrected chi connectivity index (χ3v) is 8.04. The van der Waals surface area contributed by atoms with Crippen LogP contribution in [-0.4, -0.2) is 86.2 Å². The molecule has 2 amide bonds. The van der Waals surface area contributed by atoms with Crippen molar-refractivity contribution in [2.45, 2.75) is 89.0 Å². The number of rotatable bonds is 8. The summed E-state index contributed by atoms with van der Waals surface area (Å²) < 4.78 is 28.6. The van der Waals surface area contributed by atoms with E-state index in [1.807, 2.05) is 39.0 Å². The lowest BCUT2D eigenvalue weighted by molar-refractivity contribution is -0.145. The quantitative estimate of drug-likeness (QED) is 0.478. The van der Waals surface area contributed by atoms with Gasteiger partial charge in [0.1, 0.15) is 24.6 Å². The number of carbonyl (C=O) groups is 3. The van der Waals surface area contributed by atoms with Crippen LogP contribution in [0.2, 0.25) is 0 Å². The second-order valence-electron chi connectivity index (χ2n) is 12.2. The molecule has 0 aromatic heterocycles. The number of hydrogen-bond acceptors (Lipinski definition) is 8. The number of morpholine rings is 1. The van der Waals surface area contributed by atoms with E-state index in [0.29, 0.717) is 32.1 Å². The number of amides is 2. The maximum absolute atomic E-state index is 13.1. The second kappa shape index (κ2) is 12.8. The fraction of sp³-hybridized carbons (Fsp3) is 0.700. The lowest BCUT2D eigenvalue weighted by Crippen LogP contribution is -2.65. The molecule has 2 aliphatic heterocycles. The van der Waals surface area contributed by atoms with E-state index in [2.05, 4.69) is 11.4 Å². The Labute approximate surface area is 237 Å². The smallest absolute Gasteiger partial charge is 0.410 e. The van der Waals surface area contributed by atoms with Gasteiger partial charge < -0.3 is 33.9 Å². The molecule has 3 aliphatic rings. The molecule has 3 atom stereocenters. The molecule has 2 saturated heterocycles. The number of carbonyl (C=O) groups excluding carboxylic acids is 3. The second-order valence-corrected chi connectivity index (χ2v) is 12.2. The zero-order chi connectivity index (χ0) is 28.9. The van der Waals surface area contributed by atoms with E-state index in [1.54, 1.807) is 11.8 Å². The van der Waals surface area contributed by atoms with Crippen molar-refractivity contribution in [3.05, 3.63) is 29.8 Å². The van der Waals surface area contributed by atoms with Gasteiger partial charge in [-0.25, -0.2) is 4.79 Å². The number of para-hydroxylation sites is 1. The molecule has 0 radical (unpaired) electrons. The Bertz CT molecular complexity index is 1050. The van der Waals surface area contributed by atoms with Crippen molar-refractivity contribution in [3.63, 3.8) is 0 Å². The molecule has 4 rings (SSSR count). The topological polar surface area (TPSA) is 113 Å². The molecule has 222 valence electrons. The van der Waals surface area contributed by atoms with E-state index in [4.69, 9.17) is 23.7 Å². The number of benzene rings is 1. The standard InChI is InChI=1S/C30H44N2O8/c1-20(27(34)36-5)16-39-24-9-7-6-8-23(24)21-10-12-22(13-11-21)38-17-25-30(19-37-18-26(33)31-30)14-15-32(25)28(35)40-29(2,3)4/h6-9,20-22,25H,10-19H2,1-5H3,(H,31,33)/t20?,21?,22?,25-,30+/m0/s1. The van der Waals surface area contributed by atoms with Crippen LogP contribution in [0.4, 0.5) is 4.79 Å². The van der Waals surface area contributed by atoms with Gasteiger partial charge in [0.05, 0.1) is 43.9 Å². The fourth-order valence-electron chi connectivity index (χ4n) is 5.92. The number of methoxy groups -OCH3 is 1. The first kappa shape index (κ1) is 30.1. The maximum atomic E-state index is 13.1. The average molecular weight is 561 g/mol. The number of nitrogens with zero attached hydrogens (tertiary/aromatic N) is 1. The molecule has 3 fully saturated rings. The highest BCUT2D eigenvalue weighted by Gasteiger charge is 2.53. The molecular weight excluding hydrogens is 516 g/mol. The van der Waals surface area contributed by atoms with Crippen molar-refractivity contribution in [1.29, 1.82) is 0 Å². The molecule has 2 heterocycles. The van der Waals surface area contributed by atoms with Gasteiger partial charge in [-0.1, -0.05) is 18.2 Å². The first-order valence-electron chi connectivity index (χ1n) is 14.3. The normalized spacial score (nSPS) is 27.7. The van der Waals surface area contributed by atoms with Crippen molar-refractivity contribution in [3.8, 4) is 5.75 Å². The number of likely N-dealkylation sites (tertiary alicyclic amines) is 1. The van der Waals surface area contributed by atoms with Crippen LogP contribution in [0, 0.1) is 5.92 Å². The predicted octanol–water partition coefficient (Wildman–Crippen LogP) is 3.81. The molecule has 10 heteroatoms. The molecular formula is C30H44N2O8. The molecule has 1 aliphatic carbocycles. The van der Waals surface area contributed by atoms with Crippen molar-refractivity contribution in [1.82, 2.24) is 10.2 Å². The minimum absolute atomic E-state index is 0.0264. The van der Waals surface area contributed by atoms with Gasteiger partial charge in [-0.15, -0.1) is 0 Å². The molecule has 10 nitrogen and oxygen atoms in total. The van der Waals surface area contributed by atoms with Gasteiger partial charge in [-0.2, -0.15) is 0 Å². The number of esters is 1. The van der Waals surface area contributed by atoms with Gasteiger partial charge in [-0.05, 0) is 77.3 Å². The van der Waals surface area contributed by atoms with Gasteiger partial charge in [0, 0.05) is 6.54 Å². The van der Waals surface area contributed by atoms with Crippen LogP contribution in [0.1, 0.15) is 71.3 Å². The Kier molecular flexibility index (Phi) is 9.61. The Morgan fingerprint density at radius 3 is 2.58 bits per heavy atom. The number of nitrogens with one attached hydrogen (secondary N) is 1. The van der Waals surface area contributed by atoms with E-state index in [0.717, 1.165) is 37.0 Å². The highest BCUT2D eigenvalue weighted by Crippen LogP contribution is 2.39. The van der Waals surface area contributed by atoms with Gasteiger partial charge in [0.2, 0.25) is 5.91 Å². The van der Waals surface area contributed by atoms with Gasteiger partial charge >= 0.3 is 12.1 Å². The summed E-state index contributed by atoms with van der Waals surface area (Å²) in [4.78, 5) is 38.8. The molecule has 1 aromatic carbocycles. The Morgan fingerprint density at radius 2 is 1.90 bits per heavy atom. The van der Waals surface area contributed by atoms with Gasteiger partial charge in [0.25, 0.3) is 0 Å². The van der Waals surface area contributed by atoms with Gasteiger partial charge in [-0.3, -0.25) is 9.59 Å². The zero-order valence-corrected chi connectivity index (χ0v) is 24.4. The van der Waals surface area contributed by atoms with Crippen LogP contribution in [0.25, 0.3) is 0 Å². The molecule has 1 spiro atoms. The lowest BCUT2D eigenvalue weighted by Gasteiger charge is -2.41. The fourth-order valence-corrected chi connectivity index (χ4v) is 5.92. The zero-order valence-electron chi connectivity index (χ0n) is 24.4. The van der Waals surface area contributed by atoms with E-state index >= 15 is 0 Å². The highest BCUT2D eigenvalue weighted by atomic mass is 16.6. The Morgan fingerprint density at radius 1 is 1.18 bits per heavy atom.